The molecule has 1 atom stereocenters. The van der Waals surface area contributed by atoms with Crippen molar-refractivity contribution >= 4 is 11.6 Å². The summed E-state index contributed by atoms with van der Waals surface area (Å²) in [5.41, 5.74) is 5.01. The first-order valence-electron chi connectivity index (χ1n) is 10.2. The van der Waals surface area contributed by atoms with E-state index in [1.807, 2.05) is 12.1 Å². The number of aliphatic hydroxyl groups is 1. The summed E-state index contributed by atoms with van der Waals surface area (Å²) in [4.78, 5) is 4.89. The second-order valence-corrected chi connectivity index (χ2v) is 7.98. The van der Waals surface area contributed by atoms with E-state index in [-0.39, 0.29) is 12.6 Å². The van der Waals surface area contributed by atoms with Gasteiger partial charge in [-0.25, -0.2) is 0 Å². The summed E-state index contributed by atoms with van der Waals surface area (Å²) >= 11 is 6.03. The number of halogens is 1. The highest BCUT2D eigenvalue weighted by Gasteiger charge is 2.26. The zero-order valence-electron chi connectivity index (χ0n) is 16.5. The quantitative estimate of drug-likeness (QED) is 0.642. The average Bonchev–Trinajstić information content (AvgIpc) is 2.77. The van der Waals surface area contributed by atoms with Crippen LogP contribution < -0.4 is 0 Å². The third kappa shape index (κ3) is 4.88. The maximum Gasteiger partial charge on any atom is 0.0602 e. The van der Waals surface area contributed by atoms with Crippen LogP contribution in [0.2, 0.25) is 5.02 Å². The number of hydrogen-bond donors (Lipinski definition) is 1. The van der Waals surface area contributed by atoms with Crippen LogP contribution in [0, 0.1) is 0 Å². The predicted octanol–water partition coefficient (Wildman–Crippen LogP) is 4.71. The van der Waals surface area contributed by atoms with Gasteiger partial charge in [0.2, 0.25) is 0 Å². The van der Waals surface area contributed by atoms with Crippen LogP contribution in [0.15, 0.2) is 78.9 Å². The van der Waals surface area contributed by atoms with Crippen molar-refractivity contribution in [2.75, 3.05) is 39.3 Å². The molecule has 0 aliphatic carbocycles. The first kappa shape index (κ1) is 20.1. The topological polar surface area (TPSA) is 26.7 Å². The fourth-order valence-electron chi connectivity index (χ4n) is 4.14. The first-order chi connectivity index (χ1) is 14.2. The number of aliphatic hydroxyl groups excluding tert-OH is 1. The molecule has 4 rings (SSSR count). The molecule has 4 heteroatoms. The molecule has 1 N–H and O–H groups in total. The van der Waals surface area contributed by atoms with E-state index in [0.717, 1.165) is 37.7 Å². The number of hydrogen-bond acceptors (Lipinski definition) is 3. The molecular weight excluding hydrogens is 380 g/mol. The van der Waals surface area contributed by atoms with E-state index in [4.69, 9.17) is 11.6 Å². The Morgan fingerprint density at radius 1 is 0.724 bits per heavy atom. The summed E-state index contributed by atoms with van der Waals surface area (Å²) in [6, 6.07) is 27.9. The standard InChI is InChI=1S/C25H27ClN2O/c26-24-12-10-21(11-13-24)20-6-8-23(9-7-20)25(22-4-2-1-3-5-22)28-16-14-27(15-17-28)18-19-29/h1-13,25,29H,14-19H2/t25-/m0/s1. The molecule has 0 aromatic heterocycles. The van der Waals surface area contributed by atoms with Crippen LogP contribution in [0.25, 0.3) is 11.1 Å². The van der Waals surface area contributed by atoms with Crippen LogP contribution in [0.5, 0.6) is 0 Å². The Hall–Kier alpha value is -2.17. The zero-order chi connectivity index (χ0) is 20.1. The van der Waals surface area contributed by atoms with Crippen molar-refractivity contribution in [3.63, 3.8) is 0 Å². The van der Waals surface area contributed by atoms with Crippen molar-refractivity contribution in [3.8, 4) is 11.1 Å². The van der Waals surface area contributed by atoms with Crippen LogP contribution in [-0.4, -0.2) is 54.2 Å². The first-order valence-corrected chi connectivity index (χ1v) is 10.6. The highest BCUT2D eigenvalue weighted by atomic mass is 35.5. The molecule has 3 aromatic carbocycles. The molecule has 0 bridgehead atoms. The molecule has 3 aromatic rings. The van der Waals surface area contributed by atoms with E-state index in [0.29, 0.717) is 0 Å². The molecule has 1 aliphatic rings. The predicted molar refractivity (Wildman–Crippen MR) is 120 cm³/mol. The lowest BCUT2D eigenvalue weighted by Crippen LogP contribution is -2.48. The number of rotatable bonds is 6. The fraction of sp³-hybridized carbons (Fsp3) is 0.280. The third-order valence-electron chi connectivity index (χ3n) is 5.71. The summed E-state index contributed by atoms with van der Waals surface area (Å²) in [5.74, 6) is 0. The van der Waals surface area contributed by atoms with Crippen molar-refractivity contribution < 1.29 is 5.11 Å². The Kier molecular flexibility index (Phi) is 6.63. The number of β-amino-alcohol motifs (C(OH)–C–C–N with tert-alkyl or cyclic N) is 1. The third-order valence-corrected chi connectivity index (χ3v) is 5.96. The van der Waals surface area contributed by atoms with Crippen LogP contribution in [0.4, 0.5) is 0 Å². The zero-order valence-corrected chi connectivity index (χ0v) is 17.3. The van der Waals surface area contributed by atoms with E-state index < -0.39 is 0 Å². The number of benzene rings is 3. The Morgan fingerprint density at radius 3 is 1.86 bits per heavy atom. The van der Waals surface area contributed by atoms with Gasteiger partial charge in [-0.15, -0.1) is 0 Å². The molecule has 1 saturated heterocycles. The molecule has 1 fully saturated rings. The Morgan fingerprint density at radius 2 is 1.28 bits per heavy atom. The highest BCUT2D eigenvalue weighted by Crippen LogP contribution is 2.31. The highest BCUT2D eigenvalue weighted by molar-refractivity contribution is 6.30. The second kappa shape index (κ2) is 9.55. The lowest BCUT2D eigenvalue weighted by atomic mass is 9.94. The van der Waals surface area contributed by atoms with E-state index in [9.17, 15) is 5.11 Å². The minimum absolute atomic E-state index is 0.230. The maximum absolute atomic E-state index is 9.22. The monoisotopic (exact) mass is 406 g/mol. The smallest absolute Gasteiger partial charge is 0.0602 e. The lowest BCUT2D eigenvalue weighted by Gasteiger charge is -2.39. The molecule has 3 nitrogen and oxygen atoms in total. The van der Waals surface area contributed by atoms with Crippen molar-refractivity contribution in [1.82, 2.24) is 9.80 Å². The summed E-state index contributed by atoms with van der Waals surface area (Å²) in [5, 5.41) is 9.98. The van der Waals surface area contributed by atoms with Gasteiger partial charge in [0.15, 0.2) is 0 Å². The normalized spacial score (nSPS) is 16.6. The van der Waals surface area contributed by atoms with Crippen LogP contribution >= 0.6 is 11.6 Å². The SMILES string of the molecule is OCCN1CCN([C@@H](c2ccccc2)c2ccc(-c3ccc(Cl)cc3)cc2)CC1. The summed E-state index contributed by atoms with van der Waals surface area (Å²) in [6.07, 6.45) is 0. The molecule has 0 unspecified atom stereocenters. The minimum Gasteiger partial charge on any atom is -0.395 e. The van der Waals surface area contributed by atoms with Gasteiger partial charge in [0.25, 0.3) is 0 Å². The summed E-state index contributed by atoms with van der Waals surface area (Å²) in [6.45, 7) is 4.98. The Balaban J connectivity index is 1.59. The van der Waals surface area contributed by atoms with E-state index in [1.165, 1.54) is 22.3 Å². The van der Waals surface area contributed by atoms with Crippen molar-refractivity contribution in [1.29, 1.82) is 0 Å². The van der Waals surface area contributed by atoms with Crippen LogP contribution in [0.3, 0.4) is 0 Å². The fourth-order valence-corrected chi connectivity index (χ4v) is 4.26. The average molecular weight is 407 g/mol. The Labute approximate surface area is 178 Å². The largest absolute Gasteiger partial charge is 0.395 e. The van der Waals surface area contributed by atoms with Gasteiger partial charge in [0.1, 0.15) is 0 Å². The molecule has 0 amide bonds. The van der Waals surface area contributed by atoms with Crippen molar-refractivity contribution in [3.05, 3.63) is 95.0 Å². The van der Waals surface area contributed by atoms with Crippen molar-refractivity contribution in [2.45, 2.75) is 6.04 Å². The van der Waals surface area contributed by atoms with Gasteiger partial charge in [-0.2, -0.15) is 0 Å². The summed E-state index contributed by atoms with van der Waals surface area (Å²) < 4.78 is 0. The van der Waals surface area contributed by atoms with Gasteiger partial charge in [-0.05, 0) is 34.4 Å². The lowest BCUT2D eigenvalue weighted by molar-refractivity contribution is 0.0945. The van der Waals surface area contributed by atoms with Crippen LogP contribution in [0.1, 0.15) is 17.2 Å². The number of piperazine rings is 1. The molecule has 0 radical (unpaired) electrons. The van der Waals surface area contributed by atoms with Gasteiger partial charge in [-0.3, -0.25) is 9.80 Å². The van der Waals surface area contributed by atoms with E-state index >= 15 is 0 Å². The summed E-state index contributed by atoms with van der Waals surface area (Å²) in [7, 11) is 0. The van der Waals surface area contributed by atoms with E-state index in [1.54, 1.807) is 0 Å². The molecule has 0 spiro atoms. The molecular formula is C25H27ClN2O. The second-order valence-electron chi connectivity index (χ2n) is 7.54. The van der Waals surface area contributed by atoms with E-state index in [2.05, 4.69) is 76.5 Å². The number of nitrogens with zero attached hydrogens (tertiary/aromatic N) is 2. The van der Waals surface area contributed by atoms with Gasteiger partial charge >= 0.3 is 0 Å². The molecule has 0 saturated carbocycles. The molecule has 29 heavy (non-hydrogen) atoms. The molecule has 1 heterocycles. The van der Waals surface area contributed by atoms with Gasteiger partial charge in [-0.1, -0.05) is 78.3 Å². The molecule has 1 aliphatic heterocycles. The molecule has 150 valence electrons. The maximum atomic E-state index is 9.22. The Bertz CT molecular complexity index is 888. The van der Waals surface area contributed by atoms with Gasteiger partial charge in [0, 0.05) is 37.7 Å². The van der Waals surface area contributed by atoms with Crippen molar-refractivity contribution in [2.24, 2.45) is 0 Å². The van der Waals surface area contributed by atoms with Gasteiger partial charge in [0.05, 0.1) is 12.6 Å². The van der Waals surface area contributed by atoms with Crippen LogP contribution in [-0.2, 0) is 0 Å². The minimum atomic E-state index is 0.230. The van der Waals surface area contributed by atoms with Gasteiger partial charge < -0.3 is 5.11 Å².